The van der Waals surface area contributed by atoms with Crippen molar-refractivity contribution in [1.82, 2.24) is 0 Å². The first kappa shape index (κ1) is 10.4. The lowest BCUT2D eigenvalue weighted by atomic mass is 10.0. The topological polar surface area (TPSA) is 58.9 Å². The van der Waals surface area contributed by atoms with Gasteiger partial charge in [0.15, 0.2) is 5.79 Å². The van der Waals surface area contributed by atoms with E-state index in [4.69, 9.17) is 14.6 Å². The number of hydrogen-bond acceptors (Lipinski definition) is 4. The molecule has 0 spiro atoms. The van der Waals surface area contributed by atoms with E-state index in [1.54, 1.807) is 0 Å². The highest BCUT2D eigenvalue weighted by Gasteiger charge is 2.52. The normalized spacial score (nSPS) is 45.4. The Bertz CT molecular complexity index is 216. The summed E-state index contributed by atoms with van der Waals surface area (Å²) < 4.78 is 11.3. The largest absolute Gasteiger partial charge is 0.396 e. The molecule has 0 radical (unpaired) electrons. The van der Waals surface area contributed by atoms with Crippen LogP contribution in [0.4, 0.5) is 0 Å². The van der Waals surface area contributed by atoms with Crippen LogP contribution in [0.3, 0.4) is 0 Å². The van der Waals surface area contributed by atoms with Crippen molar-refractivity contribution >= 4 is 0 Å². The molecular formula is C10H18O4. The minimum atomic E-state index is -0.569. The zero-order valence-electron chi connectivity index (χ0n) is 8.64. The molecule has 2 aliphatic rings. The van der Waals surface area contributed by atoms with Gasteiger partial charge in [-0.15, -0.1) is 0 Å². The highest BCUT2D eigenvalue weighted by molar-refractivity contribution is 4.97. The Hall–Kier alpha value is -0.160. The molecule has 2 N–H and O–H groups in total. The summed E-state index contributed by atoms with van der Waals surface area (Å²) >= 11 is 0. The summed E-state index contributed by atoms with van der Waals surface area (Å²) in [6, 6.07) is 0. The van der Waals surface area contributed by atoms with Gasteiger partial charge in [-0.05, 0) is 32.6 Å². The van der Waals surface area contributed by atoms with E-state index >= 15 is 0 Å². The molecule has 0 aromatic carbocycles. The van der Waals surface area contributed by atoms with Crippen molar-refractivity contribution in [3.05, 3.63) is 0 Å². The van der Waals surface area contributed by atoms with Crippen LogP contribution in [0.25, 0.3) is 0 Å². The SMILES string of the molecule is CC1(C)O[C@@H]2[C@@H](O)[C@@H](CCO)C[C@@H]2O1. The minimum absolute atomic E-state index is 0.00319. The van der Waals surface area contributed by atoms with Crippen LogP contribution in [0.5, 0.6) is 0 Å². The molecule has 82 valence electrons. The minimum Gasteiger partial charge on any atom is -0.396 e. The first-order valence-corrected chi connectivity index (χ1v) is 5.18. The number of aliphatic hydroxyl groups is 2. The molecule has 0 bridgehead atoms. The third-order valence-corrected chi connectivity index (χ3v) is 3.08. The summed E-state index contributed by atoms with van der Waals surface area (Å²) in [5.41, 5.74) is 0. The van der Waals surface area contributed by atoms with Crippen molar-refractivity contribution in [2.45, 2.75) is 50.8 Å². The number of fused-ring (bicyclic) bond motifs is 1. The van der Waals surface area contributed by atoms with Gasteiger partial charge in [0.2, 0.25) is 0 Å². The molecule has 2 rings (SSSR count). The van der Waals surface area contributed by atoms with E-state index < -0.39 is 11.9 Å². The third-order valence-electron chi connectivity index (χ3n) is 3.08. The van der Waals surface area contributed by atoms with Gasteiger partial charge in [-0.2, -0.15) is 0 Å². The average molecular weight is 202 g/mol. The predicted octanol–water partition coefficient (Wildman–Crippen LogP) is 0.270. The van der Waals surface area contributed by atoms with Crippen LogP contribution in [0, 0.1) is 5.92 Å². The maximum Gasteiger partial charge on any atom is 0.163 e. The molecule has 1 heterocycles. The molecular weight excluding hydrogens is 184 g/mol. The lowest BCUT2D eigenvalue weighted by Crippen LogP contribution is -2.32. The van der Waals surface area contributed by atoms with E-state index in [-0.39, 0.29) is 24.7 Å². The highest BCUT2D eigenvalue weighted by atomic mass is 16.8. The first-order chi connectivity index (χ1) is 6.53. The second-order valence-electron chi connectivity index (χ2n) is 4.64. The Morgan fingerprint density at radius 1 is 1.36 bits per heavy atom. The van der Waals surface area contributed by atoms with Crippen LogP contribution in [-0.2, 0) is 9.47 Å². The Balaban J connectivity index is 2.00. The molecule has 0 unspecified atom stereocenters. The smallest absolute Gasteiger partial charge is 0.163 e. The number of hydrogen-bond donors (Lipinski definition) is 2. The van der Waals surface area contributed by atoms with Gasteiger partial charge in [-0.25, -0.2) is 0 Å². The molecule has 1 aliphatic carbocycles. The molecule has 1 aliphatic heterocycles. The average Bonchev–Trinajstić information content (AvgIpc) is 2.50. The Morgan fingerprint density at radius 3 is 2.64 bits per heavy atom. The van der Waals surface area contributed by atoms with E-state index in [2.05, 4.69) is 0 Å². The van der Waals surface area contributed by atoms with Gasteiger partial charge in [-0.1, -0.05) is 0 Å². The lowest BCUT2D eigenvalue weighted by Gasteiger charge is -2.23. The third kappa shape index (κ3) is 1.67. The van der Waals surface area contributed by atoms with Crippen molar-refractivity contribution in [3.63, 3.8) is 0 Å². The summed E-state index contributed by atoms with van der Waals surface area (Å²) in [5, 5.41) is 18.7. The van der Waals surface area contributed by atoms with Gasteiger partial charge in [0.25, 0.3) is 0 Å². The zero-order valence-corrected chi connectivity index (χ0v) is 8.64. The van der Waals surface area contributed by atoms with Crippen molar-refractivity contribution in [2.75, 3.05) is 6.61 Å². The Labute approximate surface area is 83.8 Å². The van der Waals surface area contributed by atoms with Crippen molar-refractivity contribution in [2.24, 2.45) is 5.92 Å². The van der Waals surface area contributed by atoms with Gasteiger partial charge in [0.05, 0.1) is 12.2 Å². The highest BCUT2D eigenvalue weighted by Crippen LogP contribution is 2.41. The fraction of sp³-hybridized carbons (Fsp3) is 1.00. The number of ether oxygens (including phenoxy) is 2. The molecule has 4 nitrogen and oxygen atoms in total. The number of aliphatic hydroxyl groups excluding tert-OH is 2. The van der Waals surface area contributed by atoms with Gasteiger partial charge < -0.3 is 19.7 Å². The summed E-state index contributed by atoms with van der Waals surface area (Å²) in [7, 11) is 0. The van der Waals surface area contributed by atoms with E-state index in [0.29, 0.717) is 6.42 Å². The quantitative estimate of drug-likeness (QED) is 0.675. The van der Waals surface area contributed by atoms with Crippen LogP contribution in [-0.4, -0.2) is 40.9 Å². The van der Waals surface area contributed by atoms with E-state index in [1.807, 2.05) is 13.8 Å². The van der Waals surface area contributed by atoms with Gasteiger partial charge in [0.1, 0.15) is 6.10 Å². The van der Waals surface area contributed by atoms with Crippen LogP contribution in [0.2, 0.25) is 0 Å². The summed E-state index contributed by atoms with van der Waals surface area (Å²) in [4.78, 5) is 0. The first-order valence-electron chi connectivity index (χ1n) is 5.18. The second-order valence-corrected chi connectivity index (χ2v) is 4.64. The molecule has 14 heavy (non-hydrogen) atoms. The van der Waals surface area contributed by atoms with Gasteiger partial charge in [-0.3, -0.25) is 0 Å². The molecule has 0 amide bonds. The van der Waals surface area contributed by atoms with Gasteiger partial charge >= 0.3 is 0 Å². The van der Waals surface area contributed by atoms with E-state index in [0.717, 1.165) is 6.42 Å². The van der Waals surface area contributed by atoms with Crippen molar-refractivity contribution < 1.29 is 19.7 Å². The predicted molar refractivity (Wildman–Crippen MR) is 49.6 cm³/mol. The van der Waals surface area contributed by atoms with Crippen LogP contribution in [0.1, 0.15) is 26.7 Å². The molecule has 0 aromatic rings. The Morgan fingerprint density at radius 2 is 2.07 bits per heavy atom. The van der Waals surface area contributed by atoms with Crippen LogP contribution < -0.4 is 0 Å². The molecule has 0 aromatic heterocycles. The molecule has 1 saturated carbocycles. The van der Waals surface area contributed by atoms with Crippen molar-refractivity contribution in [1.29, 1.82) is 0 Å². The van der Waals surface area contributed by atoms with Crippen LogP contribution in [0.15, 0.2) is 0 Å². The van der Waals surface area contributed by atoms with Crippen molar-refractivity contribution in [3.8, 4) is 0 Å². The summed E-state index contributed by atoms with van der Waals surface area (Å²) in [5.74, 6) is -0.452. The van der Waals surface area contributed by atoms with Gasteiger partial charge in [0, 0.05) is 6.61 Å². The fourth-order valence-corrected chi connectivity index (χ4v) is 2.50. The Kier molecular flexibility index (Phi) is 2.55. The maximum atomic E-state index is 9.91. The summed E-state index contributed by atoms with van der Waals surface area (Å²) in [6.45, 7) is 3.84. The molecule has 4 atom stereocenters. The zero-order chi connectivity index (χ0) is 10.3. The summed E-state index contributed by atoms with van der Waals surface area (Å²) in [6.07, 6.45) is 0.712. The molecule has 4 heteroatoms. The molecule has 2 fully saturated rings. The standard InChI is InChI=1S/C10H18O4/c1-10(2)13-7-5-6(3-4-11)8(12)9(7)14-10/h6-9,11-12H,3-5H2,1-2H3/t6-,7-,8-,9-/m0/s1. The number of rotatable bonds is 2. The fourth-order valence-electron chi connectivity index (χ4n) is 2.50. The van der Waals surface area contributed by atoms with Crippen LogP contribution >= 0.6 is 0 Å². The van der Waals surface area contributed by atoms with E-state index in [9.17, 15) is 5.11 Å². The maximum absolute atomic E-state index is 9.91. The monoisotopic (exact) mass is 202 g/mol. The molecule has 1 saturated heterocycles. The lowest BCUT2D eigenvalue weighted by molar-refractivity contribution is -0.167. The second kappa shape index (κ2) is 3.45. The van der Waals surface area contributed by atoms with E-state index in [1.165, 1.54) is 0 Å².